The molecule has 88 valence electrons. The Hall–Kier alpha value is 0.0249. The van der Waals surface area contributed by atoms with E-state index >= 15 is 0 Å². The van der Waals surface area contributed by atoms with Crippen molar-refractivity contribution in [3.63, 3.8) is 0 Å². The van der Waals surface area contributed by atoms with Crippen LogP contribution in [0, 0.1) is 23.7 Å². The zero-order valence-electron chi connectivity index (χ0n) is 11.4. The monoisotopic (exact) mass is 209 g/mol. The summed E-state index contributed by atoms with van der Waals surface area (Å²) in [5, 5.41) is 3.59. The van der Waals surface area contributed by atoms with Gasteiger partial charge in [0.25, 0.3) is 0 Å². The second kappa shape index (κ2) is 5.38. The van der Waals surface area contributed by atoms with Gasteiger partial charge in [0.1, 0.15) is 7.28 Å². The first-order valence-corrected chi connectivity index (χ1v) is 6.75. The summed E-state index contributed by atoms with van der Waals surface area (Å²) >= 11 is 0. The first kappa shape index (κ1) is 13.1. The number of hydrogen-bond acceptors (Lipinski definition) is 1. The molecule has 5 unspecified atom stereocenters. The van der Waals surface area contributed by atoms with Gasteiger partial charge in [-0.1, -0.05) is 40.9 Å². The molecule has 0 spiro atoms. The molecule has 1 N–H and O–H groups in total. The van der Waals surface area contributed by atoms with E-state index < -0.39 is 0 Å². The summed E-state index contributed by atoms with van der Waals surface area (Å²) in [5.41, 5.74) is 0. The summed E-state index contributed by atoms with van der Waals surface area (Å²) in [4.78, 5) is 0. The zero-order chi connectivity index (χ0) is 11.6. The molecule has 0 saturated heterocycles. The smallest absolute Gasteiger partial charge is 0.123 e. The Morgan fingerprint density at radius 2 is 1.93 bits per heavy atom. The van der Waals surface area contributed by atoms with Crippen molar-refractivity contribution < 1.29 is 0 Å². The maximum Gasteiger partial charge on any atom is 0.123 e. The minimum Gasteiger partial charge on any atom is -0.317 e. The molecule has 1 aliphatic carbocycles. The van der Waals surface area contributed by atoms with Gasteiger partial charge in [0, 0.05) is 6.04 Å². The molecular formula is C13H28BN. The molecule has 0 radical (unpaired) electrons. The maximum absolute atomic E-state index is 3.59. The van der Waals surface area contributed by atoms with Gasteiger partial charge in [-0.2, -0.15) is 0 Å². The van der Waals surface area contributed by atoms with Gasteiger partial charge < -0.3 is 5.32 Å². The summed E-state index contributed by atoms with van der Waals surface area (Å²) in [6.07, 6.45) is 1.35. The van der Waals surface area contributed by atoms with E-state index in [4.69, 9.17) is 0 Å². The largest absolute Gasteiger partial charge is 0.317 e. The fraction of sp³-hybridized carbons (Fsp3) is 1.00. The Balaban J connectivity index is 2.89. The van der Waals surface area contributed by atoms with Crippen molar-refractivity contribution in [2.24, 2.45) is 23.7 Å². The van der Waals surface area contributed by atoms with Crippen LogP contribution in [-0.4, -0.2) is 20.4 Å². The Morgan fingerprint density at radius 1 is 1.33 bits per heavy atom. The Kier molecular flexibility index (Phi) is 4.70. The van der Waals surface area contributed by atoms with Crippen molar-refractivity contribution in [3.8, 4) is 0 Å². The topological polar surface area (TPSA) is 12.0 Å². The summed E-state index contributed by atoms with van der Waals surface area (Å²) in [5.74, 6) is 4.38. The lowest BCUT2D eigenvalue weighted by Gasteiger charge is -2.28. The van der Waals surface area contributed by atoms with Gasteiger partial charge in [0.05, 0.1) is 0 Å². The molecule has 0 aromatic heterocycles. The van der Waals surface area contributed by atoms with E-state index in [0.717, 1.165) is 35.5 Å². The van der Waals surface area contributed by atoms with Crippen LogP contribution < -0.4 is 5.32 Å². The standard InChI is InChI=1S/C13H28BN/c1-7-10-9(4)11(8(2)3)13(15-6)12(10)14-5/h8-15H,7H2,1-6H3. The van der Waals surface area contributed by atoms with E-state index in [9.17, 15) is 0 Å². The highest BCUT2D eigenvalue weighted by molar-refractivity contribution is 6.36. The molecule has 5 atom stereocenters. The van der Waals surface area contributed by atoms with Gasteiger partial charge in [-0.25, -0.2) is 0 Å². The van der Waals surface area contributed by atoms with Crippen molar-refractivity contribution in [3.05, 3.63) is 0 Å². The number of hydrogen-bond donors (Lipinski definition) is 1. The SMILES string of the molecule is CBC1C(CC)C(C)C(C(C)C)C1NC. The molecule has 0 aromatic carbocycles. The van der Waals surface area contributed by atoms with Crippen LogP contribution in [0.5, 0.6) is 0 Å². The van der Waals surface area contributed by atoms with Crippen molar-refractivity contribution in [1.29, 1.82) is 0 Å². The summed E-state index contributed by atoms with van der Waals surface area (Å²) < 4.78 is 0. The predicted octanol–water partition coefficient (Wildman–Crippen LogP) is 2.80. The molecule has 1 nitrogen and oxygen atoms in total. The van der Waals surface area contributed by atoms with Crippen LogP contribution in [0.3, 0.4) is 0 Å². The van der Waals surface area contributed by atoms with Crippen LogP contribution in [0.1, 0.15) is 34.1 Å². The third kappa shape index (κ3) is 2.25. The third-order valence-electron chi connectivity index (χ3n) is 4.75. The van der Waals surface area contributed by atoms with Gasteiger partial charge >= 0.3 is 0 Å². The van der Waals surface area contributed by atoms with Crippen LogP contribution in [0.25, 0.3) is 0 Å². The van der Waals surface area contributed by atoms with Crippen LogP contribution in [0.4, 0.5) is 0 Å². The average Bonchev–Trinajstić information content (AvgIpc) is 2.49. The molecular weight excluding hydrogens is 181 g/mol. The lowest BCUT2D eigenvalue weighted by molar-refractivity contribution is 0.244. The predicted molar refractivity (Wildman–Crippen MR) is 70.9 cm³/mol. The molecule has 0 amide bonds. The molecule has 1 fully saturated rings. The quantitative estimate of drug-likeness (QED) is 0.702. The van der Waals surface area contributed by atoms with E-state index in [1.807, 2.05) is 0 Å². The fourth-order valence-electron chi connectivity index (χ4n) is 4.21. The van der Waals surface area contributed by atoms with Gasteiger partial charge in [-0.3, -0.25) is 0 Å². The summed E-state index contributed by atoms with van der Waals surface area (Å²) in [6.45, 7) is 12.0. The fourth-order valence-corrected chi connectivity index (χ4v) is 4.21. The van der Waals surface area contributed by atoms with Crippen LogP contribution in [0.2, 0.25) is 12.6 Å². The van der Waals surface area contributed by atoms with E-state index in [0.29, 0.717) is 0 Å². The van der Waals surface area contributed by atoms with Crippen molar-refractivity contribution >= 4 is 7.28 Å². The zero-order valence-corrected chi connectivity index (χ0v) is 11.4. The van der Waals surface area contributed by atoms with Crippen LogP contribution in [0.15, 0.2) is 0 Å². The average molecular weight is 209 g/mol. The van der Waals surface area contributed by atoms with Crippen LogP contribution in [-0.2, 0) is 0 Å². The Morgan fingerprint density at radius 3 is 2.27 bits per heavy atom. The normalized spacial score (nSPS) is 41.1. The highest BCUT2D eigenvalue weighted by Gasteiger charge is 2.46. The molecule has 0 bridgehead atoms. The molecule has 1 aliphatic rings. The van der Waals surface area contributed by atoms with Crippen molar-refractivity contribution in [2.45, 2.75) is 52.8 Å². The Bertz CT molecular complexity index is 193. The second-order valence-corrected chi connectivity index (χ2v) is 5.64. The lowest BCUT2D eigenvalue weighted by atomic mass is 9.59. The number of nitrogens with one attached hydrogen (secondary N) is 1. The van der Waals surface area contributed by atoms with E-state index in [-0.39, 0.29) is 0 Å². The molecule has 2 heteroatoms. The van der Waals surface area contributed by atoms with Gasteiger partial charge in [0.15, 0.2) is 0 Å². The molecule has 1 saturated carbocycles. The van der Waals surface area contributed by atoms with E-state index in [1.54, 1.807) is 0 Å². The summed E-state index contributed by atoms with van der Waals surface area (Å²) in [6, 6.07) is 0.745. The summed E-state index contributed by atoms with van der Waals surface area (Å²) in [7, 11) is 3.48. The van der Waals surface area contributed by atoms with Gasteiger partial charge in [-0.15, -0.1) is 0 Å². The molecule has 0 aliphatic heterocycles. The lowest BCUT2D eigenvalue weighted by Crippen LogP contribution is -2.37. The van der Waals surface area contributed by atoms with E-state index in [1.165, 1.54) is 13.7 Å². The van der Waals surface area contributed by atoms with Crippen LogP contribution >= 0.6 is 0 Å². The van der Waals surface area contributed by atoms with Gasteiger partial charge in [-0.05, 0) is 36.5 Å². The van der Waals surface area contributed by atoms with Gasteiger partial charge in [0.2, 0.25) is 0 Å². The minimum absolute atomic E-state index is 0.745. The maximum atomic E-state index is 3.59. The number of rotatable bonds is 4. The first-order valence-electron chi connectivity index (χ1n) is 6.75. The second-order valence-electron chi connectivity index (χ2n) is 5.64. The first-order chi connectivity index (χ1) is 7.08. The highest BCUT2D eigenvalue weighted by atomic mass is 14.9. The molecule has 1 rings (SSSR count). The highest BCUT2D eigenvalue weighted by Crippen LogP contribution is 2.49. The van der Waals surface area contributed by atoms with Crippen molar-refractivity contribution in [1.82, 2.24) is 5.32 Å². The minimum atomic E-state index is 0.745. The van der Waals surface area contributed by atoms with E-state index in [2.05, 4.69) is 46.9 Å². The molecule has 15 heavy (non-hydrogen) atoms. The van der Waals surface area contributed by atoms with Crippen molar-refractivity contribution in [2.75, 3.05) is 7.05 Å². The Labute approximate surface area is 96.6 Å². The molecule has 0 heterocycles. The third-order valence-corrected chi connectivity index (χ3v) is 4.75. The molecule has 0 aromatic rings.